The molecule has 1 atom stereocenters. The molecule has 14 heavy (non-hydrogen) atoms. The molecule has 0 radical (unpaired) electrons. The van der Waals surface area contributed by atoms with Gasteiger partial charge in [0.25, 0.3) is 0 Å². The summed E-state index contributed by atoms with van der Waals surface area (Å²) in [5.74, 6) is 1.35. The van der Waals surface area contributed by atoms with E-state index < -0.39 is 0 Å². The molecule has 1 aromatic carbocycles. The Balaban J connectivity index is 2.82. The third-order valence-corrected chi connectivity index (χ3v) is 2.27. The highest BCUT2D eigenvalue weighted by molar-refractivity contribution is 5.30. The number of hydrogen-bond acceptors (Lipinski definition) is 2. The van der Waals surface area contributed by atoms with Crippen LogP contribution in [0, 0.1) is 5.92 Å². The van der Waals surface area contributed by atoms with Crippen LogP contribution in [-0.2, 0) is 0 Å². The monoisotopic (exact) mass is 193 g/mol. The van der Waals surface area contributed by atoms with E-state index in [1.807, 2.05) is 31.2 Å². The summed E-state index contributed by atoms with van der Waals surface area (Å²) in [6.45, 7) is 6.92. The summed E-state index contributed by atoms with van der Waals surface area (Å²) in [5, 5.41) is 0. The highest BCUT2D eigenvalue weighted by atomic mass is 16.5. The zero-order chi connectivity index (χ0) is 10.6. The van der Waals surface area contributed by atoms with Crippen molar-refractivity contribution >= 4 is 0 Å². The van der Waals surface area contributed by atoms with Gasteiger partial charge in [0.2, 0.25) is 0 Å². The van der Waals surface area contributed by atoms with Gasteiger partial charge >= 0.3 is 0 Å². The van der Waals surface area contributed by atoms with Gasteiger partial charge in [0.15, 0.2) is 0 Å². The molecule has 1 rings (SSSR count). The summed E-state index contributed by atoms with van der Waals surface area (Å²) in [6, 6.07) is 8.11. The first kappa shape index (κ1) is 11.1. The van der Waals surface area contributed by atoms with E-state index in [0.29, 0.717) is 12.5 Å². The second kappa shape index (κ2) is 5.01. The quantitative estimate of drug-likeness (QED) is 0.798. The normalized spacial score (nSPS) is 12.9. The van der Waals surface area contributed by atoms with E-state index in [4.69, 9.17) is 10.5 Å². The van der Waals surface area contributed by atoms with E-state index in [0.717, 1.165) is 11.3 Å². The standard InChI is InChI=1S/C12H19NO/c1-4-14-11-7-5-6-10(8-11)12(13)9(2)3/h5-9,12H,4,13H2,1-3H3/t12-/m0/s1. The van der Waals surface area contributed by atoms with Crippen molar-refractivity contribution in [2.24, 2.45) is 11.7 Å². The number of nitrogens with two attached hydrogens (primary N) is 1. The molecule has 0 spiro atoms. The number of ether oxygens (including phenoxy) is 1. The Morgan fingerprint density at radius 2 is 2.07 bits per heavy atom. The molecule has 0 aliphatic carbocycles. The van der Waals surface area contributed by atoms with Gasteiger partial charge < -0.3 is 10.5 Å². The van der Waals surface area contributed by atoms with Crippen LogP contribution in [0.25, 0.3) is 0 Å². The molecule has 2 heteroatoms. The smallest absolute Gasteiger partial charge is 0.119 e. The van der Waals surface area contributed by atoms with Crippen molar-refractivity contribution in [1.82, 2.24) is 0 Å². The highest BCUT2D eigenvalue weighted by Crippen LogP contribution is 2.22. The maximum absolute atomic E-state index is 6.05. The first-order valence-electron chi connectivity index (χ1n) is 5.13. The minimum atomic E-state index is 0.0930. The second-order valence-corrected chi connectivity index (χ2v) is 3.78. The molecule has 0 bridgehead atoms. The van der Waals surface area contributed by atoms with E-state index in [1.165, 1.54) is 0 Å². The van der Waals surface area contributed by atoms with E-state index in [2.05, 4.69) is 13.8 Å². The van der Waals surface area contributed by atoms with Gasteiger partial charge in [-0.3, -0.25) is 0 Å². The molecular formula is C12H19NO. The third-order valence-electron chi connectivity index (χ3n) is 2.27. The molecule has 0 aliphatic heterocycles. The summed E-state index contributed by atoms with van der Waals surface area (Å²) < 4.78 is 5.42. The van der Waals surface area contributed by atoms with Crippen LogP contribution in [0.4, 0.5) is 0 Å². The van der Waals surface area contributed by atoms with Crippen molar-refractivity contribution in [3.05, 3.63) is 29.8 Å². The predicted octanol–water partition coefficient (Wildman–Crippen LogP) is 2.74. The Hall–Kier alpha value is -1.02. The summed E-state index contributed by atoms with van der Waals surface area (Å²) in [7, 11) is 0. The molecule has 2 nitrogen and oxygen atoms in total. The van der Waals surface area contributed by atoms with Gasteiger partial charge in [0.05, 0.1) is 6.61 Å². The summed E-state index contributed by atoms with van der Waals surface area (Å²) in [4.78, 5) is 0. The minimum absolute atomic E-state index is 0.0930. The van der Waals surface area contributed by atoms with Gasteiger partial charge in [0.1, 0.15) is 5.75 Å². The molecule has 0 aromatic heterocycles. The second-order valence-electron chi connectivity index (χ2n) is 3.78. The van der Waals surface area contributed by atoms with Crippen LogP contribution >= 0.6 is 0 Å². The maximum atomic E-state index is 6.05. The van der Waals surface area contributed by atoms with Crippen molar-refractivity contribution in [2.45, 2.75) is 26.8 Å². The summed E-state index contributed by atoms with van der Waals surface area (Å²) in [6.07, 6.45) is 0. The van der Waals surface area contributed by atoms with Gasteiger partial charge in [-0.05, 0) is 30.5 Å². The van der Waals surface area contributed by atoms with Crippen molar-refractivity contribution in [1.29, 1.82) is 0 Å². The van der Waals surface area contributed by atoms with Gasteiger partial charge in [-0.2, -0.15) is 0 Å². The van der Waals surface area contributed by atoms with Crippen molar-refractivity contribution < 1.29 is 4.74 Å². The zero-order valence-corrected chi connectivity index (χ0v) is 9.16. The summed E-state index contributed by atoms with van der Waals surface area (Å²) >= 11 is 0. The first-order chi connectivity index (χ1) is 6.65. The fraction of sp³-hybridized carbons (Fsp3) is 0.500. The first-order valence-corrected chi connectivity index (χ1v) is 5.13. The maximum Gasteiger partial charge on any atom is 0.119 e. The largest absolute Gasteiger partial charge is 0.494 e. The fourth-order valence-electron chi connectivity index (χ4n) is 1.36. The number of hydrogen-bond donors (Lipinski definition) is 1. The summed E-state index contributed by atoms with van der Waals surface area (Å²) in [5.41, 5.74) is 7.19. The van der Waals surface area contributed by atoms with Crippen LogP contribution in [0.15, 0.2) is 24.3 Å². The van der Waals surface area contributed by atoms with Crippen LogP contribution in [0.3, 0.4) is 0 Å². The Morgan fingerprint density at radius 1 is 1.36 bits per heavy atom. The van der Waals surface area contributed by atoms with Crippen LogP contribution in [0.1, 0.15) is 32.4 Å². The van der Waals surface area contributed by atoms with Crippen LogP contribution in [0.5, 0.6) is 5.75 Å². The molecule has 0 heterocycles. The van der Waals surface area contributed by atoms with Crippen molar-refractivity contribution in [3.8, 4) is 5.75 Å². The molecule has 0 unspecified atom stereocenters. The third kappa shape index (κ3) is 2.74. The Labute approximate surface area is 86.1 Å². The molecule has 0 fully saturated rings. The fourth-order valence-corrected chi connectivity index (χ4v) is 1.36. The van der Waals surface area contributed by atoms with Gasteiger partial charge in [-0.25, -0.2) is 0 Å². The molecule has 0 saturated carbocycles. The lowest BCUT2D eigenvalue weighted by Crippen LogP contribution is -2.16. The van der Waals surface area contributed by atoms with Crippen molar-refractivity contribution in [2.75, 3.05) is 6.61 Å². The lowest BCUT2D eigenvalue weighted by molar-refractivity contribution is 0.339. The van der Waals surface area contributed by atoms with E-state index in [-0.39, 0.29) is 6.04 Å². The average Bonchev–Trinajstić information content (AvgIpc) is 2.17. The SMILES string of the molecule is CCOc1cccc([C@@H](N)C(C)C)c1. The minimum Gasteiger partial charge on any atom is -0.494 e. The molecular weight excluding hydrogens is 174 g/mol. The Bertz CT molecular complexity index is 283. The Kier molecular flexibility index (Phi) is 3.96. The molecule has 1 aromatic rings. The highest BCUT2D eigenvalue weighted by Gasteiger charge is 2.10. The molecule has 0 saturated heterocycles. The average molecular weight is 193 g/mol. The Morgan fingerprint density at radius 3 is 2.64 bits per heavy atom. The molecule has 0 amide bonds. The van der Waals surface area contributed by atoms with E-state index in [9.17, 15) is 0 Å². The zero-order valence-electron chi connectivity index (χ0n) is 9.16. The molecule has 0 aliphatic rings. The van der Waals surface area contributed by atoms with Crippen LogP contribution in [-0.4, -0.2) is 6.61 Å². The lowest BCUT2D eigenvalue weighted by Gasteiger charge is -2.16. The van der Waals surface area contributed by atoms with Crippen LogP contribution < -0.4 is 10.5 Å². The molecule has 78 valence electrons. The van der Waals surface area contributed by atoms with Crippen LogP contribution in [0.2, 0.25) is 0 Å². The van der Waals surface area contributed by atoms with Gasteiger partial charge in [-0.15, -0.1) is 0 Å². The van der Waals surface area contributed by atoms with E-state index >= 15 is 0 Å². The molecule has 2 N–H and O–H groups in total. The number of rotatable bonds is 4. The lowest BCUT2D eigenvalue weighted by atomic mass is 9.97. The van der Waals surface area contributed by atoms with Gasteiger partial charge in [-0.1, -0.05) is 26.0 Å². The van der Waals surface area contributed by atoms with Crippen molar-refractivity contribution in [3.63, 3.8) is 0 Å². The predicted molar refractivity (Wildman–Crippen MR) is 59.4 cm³/mol. The number of benzene rings is 1. The van der Waals surface area contributed by atoms with E-state index in [1.54, 1.807) is 0 Å². The topological polar surface area (TPSA) is 35.2 Å². The van der Waals surface area contributed by atoms with Gasteiger partial charge in [0, 0.05) is 6.04 Å².